The highest BCUT2D eigenvalue weighted by atomic mass is 16.6. The zero-order valence-electron chi connectivity index (χ0n) is 24.3. The molecule has 0 amide bonds. The second kappa shape index (κ2) is 9.61. The second-order valence-corrected chi connectivity index (χ2v) is 13.7. The van der Waals surface area contributed by atoms with E-state index >= 15 is 0 Å². The number of ether oxygens (including phenoxy) is 4. The van der Waals surface area contributed by atoms with Gasteiger partial charge < -0.3 is 29.2 Å². The summed E-state index contributed by atoms with van der Waals surface area (Å²) >= 11 is 0. The number of hydrogen-bond donors (Lipinski definition) is 2. The molecule has 0 bridgehead atoms. The minimum absolute atomic E-state index is 0.0345. The van der Waals surface area contributed by atoms with Crippen LogP contribution in [0.2, 0.25) is 0 Å². The van der Waals surface area contributed by atoms with Crippen molar-refractivity contribution in [3.63, 3.8) is 0 Å². The lowest BCUT2D eigenvalue weighted by atomic mass is 9.43. The third-order valence-corrected chi connectivity index (χ3v) is 12.5. The van der Waals surface area contributed by atoms with Crippen molar-refractivity contribution in [3.05, 3.63) is 11.1 Å². The minimum Gasteiger partial charge on any atom is -0.465 e. The highest BCUT2D eigenvalue weighted by molar-refractivity contribution is 5.90. The Morgan fingerprint density at radius 3 is 2.58 bits per heavy atom. The molecule has 0 radical (unpaired) electrons. The van der Waals surface area contributed by atoms with Gasteiger partial charge in [-0.05, 0) is 75.5 Å². The molecular weight excluding hydrogens is 516 g/mol. The van der Waals surface area contributed by atoms with Crippen LogP contribution in [-0.4, -0.2) is 78.3 Å². The number of methoxy groups -OCH3 is 1. The van der Waals surface area contributed by atoms with Crippen LogP contribution in [0.25, 0.3) is 0 Å². The molecule has 0 aromatic rings. The highest BCUT2D eigenvalue weighted by Crippen LogP contribution is 2.74. The summed E-state index contributed by atoms with van der Waals surface area (Å²) in [5, 5.41) is 21.0. The average molecular weight is 561 g/mol. The lowest BCUT2D eigenvalue weighted by Crippen LogP contribution is -2.68. The predicted molar refractivity (Wildman–Crippen MR) is 142 cm³/mol. The minimum atomic E-state index is -0.879. The number of ketones is 1. The number of rotatable bonds is 6. The van der Waals surface area contributed by atoms with Crippen molar-refractivity contribution >= 4 is 17.7 Å². The largest absolute Gasteiger partial charge is 0.465 e. The maximum absolute atomic E-state index is 13.8. The molecule has 9 heteroatoms. The molecule has 222 valence electrons. The lowest BCUT2D eigenvalue weighted by Gasteiger charge is -2.60. The summed E-state index contributed by atoms with van der Waals surface area (Å²) in [5.41, 5.74) is -0.733. The average Bonchev–Trinajstić information content (AvgIpc) is 3.53. The molecule has 1 spiro atoms. The number of Topliss-reactive ketones (excluding diaryl/α,β-unsaturated/α-hetero) is 1. The molecule has 2 aliphatic heterocycles. The van der Waals surface area contributed by atoms with Crippen LogP contribution in [-0.2, 0) is 33.3 Å². The number of cyclic esters (lactones) is 1. The molecule has 9 nitrogen and oxygen atoms in total. The van der Waals surface area contributed by atoms with Crippen LogP contribution in [0, 0.1) is 40.4 Å². The maximum atomic E-state index is 13.8. The Bertz CT molecular complexity index is 1130. The molecule has 0 aromatic heterocycles. The number of carbonyl (C=O) groups is 3. The van der Waals surface area contributed by atoms with Gasteiger partial charge in [-0.15, -0.1) is 0 Å². The van der Waals surface area contributed by atoms with Gasteiger partial charge in [-0.25, -0.2) is 4.79 Å². The van der Waals surface area contributed by atoms with Crippen LogP contribution in [0.5, 0.6) is 0 Å². The van der Waals surface area contributed by atoms with Gasteiger partial charge in [-0.2, -0.15) is 0 Å². The zero-order chi connectivity index (χ0) is 28.8. The van der Waals surface area contributed by atoms with Crippen molar-refractivity contribution < 1.29 is 43.5 Å². The fourth-order valence-corrected chi connectivity index (χ4v) is 10.5. The lowest BCUT2D eigenvalue weighted by molar-refractivity contribution is -0.188. The SMILES string of the molecule is COC1CC(=O)[C@]2(C)[C@H]3CC[C@]4(COC(C)=O)[C@@H]([C@H](C)[C@H]5CC(C)=C(CO)C(=O)O5)CC[C@H]4[C@@H]3C[C@H]3O[C@]32[C@H]1O. The standard InChI is InChI=1S/C31H44O9/c1-15-10-23(39-28(36)19(15)13-32)16(2)20-6-7-22-18-11-26-31(40-26)27(35)24(37-5)12-25(34)29(31,4)21(18)8-9-30(20,22)14-38-17(3)33/h16,18,20-24,26-27,32,35H,6-14H2,1-5H3/t16-,18+,20+,21-,22-,23+,24?,26+,27-,29-,30-,31-/m0/s1. The third kappa shape index (κ3) is 3.62. The molecule has 6 rings (SSSR count). The van der Waals surface area contributed by atoms with Crippen molar-refractivity contribution in [2.24, 2.45) is 40.4 Å². The van der Waals surface area contributed by atoms with Crippen molar-refractivity contribution in [3.8, 4) is 0 Å². The van der Waals surface area contributed by atoms with E-state index in [-0.39, 0.29) is 72.0 Å². The van der Waals surface area contributed by atoms with Gasteiger partial charge in [0.2, 0.25) is 0 Å². The van der Waals surface area contributed by atoms with Crippen LogP contribution in [0.4, 0.5) is 0 Å². The van der Waals surface area contributed by atoms with Gasteiger partial charge in [-0.1, -0.05) is 12.5 Å². The number of fused-ring (bicyclic) bond motifs is 4. The third-order valence-electron chi connectivity index (χ3n) is 12.5. The summed E-state index contributed by atoms with van der Waals surface area (Å²) in [4.78, 5) is 38.6. The van der Waals surface area contributed by atoms with Crippen LogP contribution in [0.1, 0.15) is 72.6 Å². The van der Waals surface area contributed by atoms with E-state index in [0.717, 1.165) is 37.7 Å². The summed E-state index contributed by atoms with van der Waals surface area (Å²) in [6, 6.07) is 0. The molecule has 1 unspecified atom stereocenters. The van der Waals surface area contributed by atoms with E-state index in [2.05, 4.69) is 6.92 Å². The van der Waals surface area contributed by atoms with Crippen LogP contribution >= 0.6 is 0 Å². The normalized spacial score (nSPS) is 48.4. The van der Waals surface area contributed by atoms with Crippen molar-refractivity contribution in [1.29, 1.82) is 0 Å². The van der Waals surface area contributed by atoms with E-state index in [9.17, 15) is 24.6 Å². The molecule has 4 aliphatic carbocycles. The van der Waals surface area contributed by atoms with E-state index in [4.69, 9.17) is 18.9 Å². The number of aliphatic hydroxyl groups is 2. The van der Waals surface area contributed by atoms with Gasteiger partial charge >= 0.3 is 11.9 Å². The van der Waals surface area contributed by atoms with Crippen LogP contribution in [0.15, 0.2) is 11.1 Å². The molecule has 1 saturated heterocycles. The molecule has 2 N–H and O–H groups in total. The predicted octanol–water partition coefficient (Wildman–Crippen LogP) is 2.75. The van der Waals surface area contributed by atoms with E-state index in [1.807, 2.05) is 13.8 Å². The van der Waals surface area contributed by atoms with Crippen molar-refractivity contribution in [2.45, 2.75) is 103 Å². The fourth-order valence-electron chi connectivity index (χ4n) is 10.5. The van der Waals surface area contributed by atoms with Gasteiger partial charge in [0, 0.05) is 32.3 Å². The number of carbonyl (C=O) groups excluding carboxylic acids is 3. The Labute approximate surface area is 235 Å². The molecule has 4 saturated carbocycles. The second-order valence-electron chi connectivity index (χ2n) is 13.7. The first kappa shape index (κ1) is 28.3. The van der Waals surface area contributed by atoms with Crippen LogP contribution in [0.3, 0.4) is 0 Å². The van der Waals surface area contributed by atoms with Gasteiger partial charge in [0.15, 0.2) is 0 Å². The van der Waals surface area contributed by atoms with Crippen molar-refractivity contribution in [1.82, 2.24) is 0 Å². The highest BCUT2D eigenvalue weighted by Gasteiger charge is 2.82. The molecule has 0 aromatic carbocycles. The van der Waals surface area contributed by atoms with Gasteiger partial charge in [0.05, 0.1) is 36.4 Å². The molecule has 40 heavy (non-hydrogen) atoms. The summed E-state index contributed by atoms with van der Waals surface area (Å²) in [6.45, 7) is 7.49. The zero-order valence-corrected chi connectivity index (χ0v) is 24.3. The van der Waals surface area contributed by atoms with Gasteiger partial charge in [0.1, 0.15) is 23.6 Å². The summed E-state index contributed by atoms with van der Waals surface area (Å²) in [6.07, 6.45) is 3.12. The first-order valence-electron chi connectivity index (χ1n) is 15.0. The molecule has 6 aliphatic rings. The number of epoxide rings is 1. The van der Waals surface area contributed by atoms with Crippen LogP contribution < -0.4 is 0 Å². The van der Waals surface area contributed by atoms with Crippen molar-refractivity contribution in [2.75, 3.05) is 20.3 Å². The summed E-state index contributed by atoms with van der Waals surface area (Å²) < 4.78 is 23.5. The Kier molecular flexibility index (Phi) is 6.80. The smallest absolute Gasteiger partial charge is 0.336 e. The molecule has 5 fully saturated rings. The quantitative estimate of drug-likeness (QED) is 0.372. The first-order chi connectivity index (χ1) is 19.0. The molecular formula is C31H44O9. The first-order valence-corrected chi connectivity index (χ1v) is 15.0. The number of hydrogen-bond acceptors (Lipinski definition) is 9. The Morgan fingerprint density at radius 1 is 1.18 bits per heavy atom. The fraction of sp³-hybridized carbons (Fsp3) is 0.839. The van der Waals surface area contributed by atoms with E-state index < -0.39 is 29.2 Å². The van der Waals surface area contributed by atoms with E-state index in [1.165, 1.54) is 6.92 Å². The molecule has 12 atom stereocenters. The number of aliphatic hydroxyl groups excluding tert-OH is 2. The Hall–Kier alpha value is -1.81. The summed E-state index contributed by atoms with van der Waals surface area (Å²) in [7, 11) is 1.54. The number of esters is 2. The van der Waals surface area contributed by atoms with E-state index in [0.29, 0.717) is 18.6 Å². The van der Waals surface area contributed by atoms with Gasteiger partial charge in [0.25, 0.3) is 0 Å². The maximum Gasteiger partial charge on any atom is 0.336 e. The monoisotopic (exact) mass is 560 g/mol. The van der Waals surface area contributed by atoms with E-state index in [1.54, 1.807) is 7.11 Å². The molecule has 2 heterocycles. The Morgan fingerprint density at radius 2 is 1.93 bits per heavy atom. The Balaban J connectivity index is 1.32. The topological polar surface area (TPSA) is 132 Å². The van der Waals surface area contributed by atoms with Gasteiger partial charge in [-0.3, -0.25) is 9.59 Å². The summed E-state index contributed by atoms with van der Waals surface area (Å²) in [5.74, 6) is 0.0808.